The number of hydrogen-bond donors (Lipinski definition) is 0. The third-order valence-corrected chi connectivity index (χ3v) is 7.02. The maximum absolute atomic E-state index is 6.44. The number of benzene rings is 4. The molecule has 3 nitrogen and oxygen atoms in total. The summed E-state index contributed by atoms with van der Waals surface area (Å²) < 4.78 is 18.9. The van der Waals surface area contributed by atoms with E-state index < -0.39 is 8.80 Å². The van der Waals surface area contributed by atoms with Crippen LogP contribution in [0.3, 0.4) is 0 Å². The lowest BCUT2D eigenvalue weighted by Crippen LogP contribution is -2.61. The van der Waals surface area contributed by atoms with Crippen LogP contribution >= 0.6 is 0 Å². The van der Waals surface area contributed by atoms with Gasteiger partial charge in [0.25, 0.3) is 0 Å². The molecule has 0 aliphatic heterocycles. The van der Waals surface area contributed by atoms with Crippen molar-refractivity contribution < 1.29 is 13.3 Å². The van der Waals surface area contributed by atoms with E-state index >= 15 is 0 Å². The molecule has 134 valence electrons. The van der Waals surface area contributed by atoms with Crippen LogP contribution in [0.5, 0.6) is 11.5 Å². The Hall–Kier alpha value is -3.08. The van der Waals surface area contributed by atoms with Gasteiger partial charge in [-0.2, -0.15) is 0 Å². The standard InChI is InChI=1S/C23H20O3Si/c1-24-27(25-20-13-4-2-5-14-20,26-21-15-6-3-7-16-21)23-18-10-12-19-11-8-9-17-22(19)23/h2-18H,1H3. The maximum atomic E-state index is 6.44. The monoisotopic (exact) mass is 372 g/mol. The van der Waals surface area contributed by atoms with Gasteiger partial charge in [0.2, 0.25) is 0 Å². The van der Waals surface area contributed by atoms with E-state index in [1.165, 1.54) is 0 Å². The number of rotatable bonds is 6. The topological polar surface area (TPSA) is 27.7 Å². The smallest absolute Gasteiger partial charge is 0.489 e. The van der Waals surface area contributed by atoms with Gasteiger partial charge >= 0.3 is 8.80 Å². The lowest BCUT2D eigenvalue weighted by molar-refractivity contribution is 0.223. The van der Waals surface area contributed by atoms with Crippen LogP contribution in [0.2, 0.25) is 0 Å². The van der Waals surface area contributed by atoms with E-state index in [1.54, 1.807) is 7.11 Å². The molecule has 0 spiro atoms. The van der Waals surface area contributed by atoms with Crippen molar-refractivity contribution in [3.8, 4) is 11.5 Å². The third-order valence-electron chi connectivity index (χ3n) is 4.38. The van der Waals surface area contributed by atoms with Gasteiger partial charge in [0, 0.05) is 7.11 Å². The zero-order chi connectivity index (χ0) is 18.5. The van der Waals surface area contributed by atoms with Gasteiger partial charge in [-0.25, -0.2) is 0 Å². The van der Waals surface area contributed by atoms with Gasteiger partial charge in [0.1, 0.15) is 11.5 Å². The van der Waals surface area contributed by atoms with Gasteiger partial charge < -0.3 is 13.3 Å². The molecule has 0 heterocycles. The van der Waals surface area contributed by atoms with Crippen LogP contribution in [0.1, 0.15) is 0 Å². The molecule has 0 aliphatic rings. The van der Waals surface area contributed by atoms with E-state index in [1.807, 2.05) is 84.9 Å². The normalized spacial score (nSPS) is 11.3. The second-order valence-electron chi connectivity index (χ2n) is 6.12. The molecule has 4 aromatic rings. The first-order chi connectivity index (χ1) is 13.3. The molecular weight excluding hydrogens is 352 g/mol. The van der Waals surface area contributed by atoms with Crippen LogP contribution in [0, 0.1) is 0 Å². The lowest BCUT2D eigenvalue weighted by Gasteiger charge is -2.29. The first kappa shape index (κ1) is 17.3. The highest BCUT2D eigenvalue weighted by atomic mass is 28.4. The van der Waals surface area contributed by atoms with Crippen LogP contribution in [-0.2, 0) is 4.43 Å². The Labute approximate surface area is 160 Å². The summed E-state index contributed by atoms with van der Waals surface area (Å²) in [4.78, 5) is 0. The fraction of sp³-hybridized carbons (Fsp3) is 0.0435. The van der Waals surface area contributed by atoms with Crippen LogP contribution in [0.15, 0.2) is 103 Å². The van der Waals surface area contributed by atoms with Crippen molar-refractivity contribution in [3.05, 3.63) is 103 Å². The minimum Gasteiger partial charge on any atom is -0.489 e. The van der Waals surface area contributed by atoms with Crippen molar-refractivity contribution in [2.75, 3.05) is 7.11 Å². The van der Waals surface area contributed by atoms with E-state index in [4.69, 9.17) is 13.3 Å². The molecule has 0 bridgehead atoms. The van der Waals surface area contributed by atoms with Crippen molar-refractivity contribution in [2.24, 2.45) is 0 Å². The van der Waals surface area contributed by atoms with Crippen molar-refractivity contribution in [1.29, 1.82) is 0 Å². The summed E-state index contributed by atoms with van der Waals surface area (Å²) in [6, 6.07) is 33.7. The Morgan fingerprint density at radius 3 is 1.67 bits per heavy atom. The van der Waals surface area contributed by atoms with E-state index in [2.05, 4.69) is 18.2 Å². The maximum Gasteiger partial charge on any atom is 0.669 e. The van der Waals surface area contributed by atoms with Gasteiger partial charge in [-0.3, -0.25) is 0 Å². The van der Waals surface area contributed by atoms with Crippen molar-refractivity contribution in [1.82, 2.24) is 0 Å². The molecule has 0 amide bonds. The molecule has 0 aromatic heterocycles. The van der Waals surface area contributed by atoms with E-state index in [9.17, 15) is 0 Å². The Bertz CT molecular complexity index is 972. The highest BCUT2D eigenvalue weighted by Gasteiger charge is 2.49. The molecule has 4 aromatic carbocycles. The van der Waals surface area contributed by atoms with Crippen LogP contribution < -0.4 is 14.0 Å². The van der Waals surface area contributed by atoms with Crippen LogP contribution in [0.25, 0.3) is 10.8 Å². The van der Waals surface area contributed by atoms with Gasteiger partial charge in [-0.05, 0) is 35.0 Å². The summed E-state index contributed by atoms with van der Waals surface area (Å²) in [6.07, 6.45) is 0. The summed E-state index contributed by atoms with van der Waals surface area (Å²) in [5, 5.41) is 3.13. The zero-order valence-corrected chi connectivity index (χ0v) is 16.0. The van der Waals surface area contributed by atoms with Gasteiger partial charge in [-0.1, -0.05) is 78.9 Å². The van der Waals surface area contributed by atoms with Crippen LogP contribution in [0.4, 0.5) is 0 Å². The van der Waals surface area contributed by atoms with E-state index in [-0.39, 0.29) is 0 Å². The van der Waals surface area contributed by atoms with Crippen molar-refractivity contribution in [3.63, 3.8) is 0 Å². The van der Waals surface area contributed by atoms with Gasteiger partial charge in [-0.15, -0.1) is 0 Å². The first-order valence-electron chi connectivity index (χ1n) is 8.82. The molecule has 0 atom stereocenters. The third kappa shape index (κ3) is 3.58. The van der Waals surface area contributed by atoms with Crippen molar-refractivity contribution >= 4 is 24.8 Å². The zero-order valence-electron chi connectivity index (χ0n) is 15.0. The average Bonchev–Trinajstić information content (AvgIpc) is 2.74. The largest absolute Gasteiger partial charge is 0.669 e. The Kier molecular flexibility index (Phi) is 4.92. The SMILES string of the molecule is CO[Si](Oc1ccccc1)(Oc1ccccc1)c1cccc2ccccc12. The molecule has 27 heavy (non-hydrogen) atoms. The van der Waals surface area contributed by atoms with Crippen molar-refractivity contribution in [2.45, 2.75) is 0 Å². The van der Waals surface area contributed by atoms with E-state index in [0.29, 0.717) is 0 Å². The van der Waals surface area contributed by atoms with Gasteiger partial charge in [0.15, 0.2) is 0 Å². The molecule has 4 heteroatoms. The highest BCUT2D eigenvalue weighted by molar-refractivity contribution is 6.78. The quantitative estimate of drug-likeness (QED) is 0.456. The molecular formula is C23H20O3Si. The molecule has 0 unspecified atom stereocenters. The average molecular weight is 372 g/mol. The second-order valence-corrected chi connectivity index (χ2v) is 8.58. The minimum absolute atomic E-state index is 0.717. The fourth-order valence-corrected chi connectivity index (χ4v) is 5.50. The predicted octanol–water partition coefficient (Wildman–Crippen LogP) is 4.79. The molecule has 0 fully saturated rings. The molecule has 0 saturated heterocycles. The fourth-order valence-electron chi connectivity index (χ4n) is 3.10. The highest BCUT2D eigenvalue weighted by Crippen LogP contribution is 2.24. The number of para-hydroxylation sites is 2. The van der Waals surface area contributed by atoms with Crippen LogP contribution in [-0.4, -0.2) is 15.9 Å². The summed E-state index contributed by atoms with van der Waals surface area (Å²) in [7, 11) is -1.64. The summed E-state index contributed by atoms with van der Waals surface area (Å²) in [6.45, 7) is 0. The molecule has 0 radical (unpaired) electrons. The lowest BCUT2D eigenvalue weighted by atomic mass is 10.1. The molecule has 0 N–H and O–H groups in total. The van der Waals surface area contributed by atoms with E-state index in [0.717, 1.165) is 27.5 Å². The number of fused-ring (bicyclic) bond motifs is 1. The molecule has 4 rings (SSSR count). The molecule has 0 aliphatic carbocycles. The minimum atomic E-state index is -3.29. The van der Waals surface area contributed by atoms with Gasteiger partial charge in [0.05, 0.1) is 5.19 Å². The summed E-state index contributed by atoms with van der Waals surface area (Å²) >= 11 is 0. The Balaban J connectivity index is 1.88. The molecule has 0 saturated carbocycles. The summed E-state index contributed by atoms with van der Waals surface area (Å²) in [5.41, 5.74) is 0. The number of hydrogen-bond acceptors (Lipinski definition) is 3. The Morgan fingerprint density at radius 2 is 1.07 bits per heavy atom. The first-order valence-corrected chi connectivity index (χ1v) is 10.5. The Morgan fingerprint density at radius 1 is 0.556 bits per heavy atom. The predicted molar refractivity (Wildman–Crippen MR) is 110 cm³/mol. The summed E-state index contributed by atoms with van der Waals surface area (Å²) in [5.74, 6) is 1.43. The second kappa shape index (κ2) is 7.66.